The second-order valence-corrected chi connectivity index (χ2v) is 6.32. The van der Waals surface area contributed by atoms with Crippen LogP contribution in [-0.2, 0) is 14.3 Å². The van der Waals surface area contributed by atoms with Gasteiger partial charge in [0.05, 0.1) is 16.7 Å². The van der Waals surface area contributed by atoms with Crippen molar-refractivity contribution in [2.75, 3.05) is 0 Å². The summed E-state index contributed by atoms with van der Waals surface area (Å²) in [4.78, 5) is 36.2. The van der Waals surface area contributed by atoms with Gasteiger partial charge in [-0.1, -0.05) is 36.8 Å². The number of carbonyl (C=O) groups is 3. The number of esters is 2. The average Bonchev–Trinajstić information content (AvgIpc) is 3.17. The molecule has 0 saturated carbocycles. The number of phenols is 1. The molecule has 0 fully saturated rings. The number of fused-ring (bicyclic) bond motifs is 1. The monoisotopic (exact) mass is 386 g/mol. The molecule has 0 aromatic heterocycles. The molecule has 0 amide bonds. The lowest BCUT2D eigenvalue weighted by Gasteiger charge is -2.07. The maximum Gasteiger partial charge on any atom is 0.352 e. The van der Waals surface area contributed by atoms with Crippen molar-refractivity contribution >= 4 is 23.8 Å². The van der Waals surface area contributed by atoms with Crippen LogP contribution >= 0.6 is 0 Å². The molecule has 6 heteroatoms. The zero-order valence-electron chi connectivity index (χ0n) is 15.6. The predicted molar refractivity (Wildman–Crippen MR) is 105 cm³/mol. The first kappa shape index (κ1) is 19.5. The number of benzene rings is 1. The first-order valence-electron chi connectivity index (χ1n) is 8.33. The maximum atomic E-state index is 12.6. The van der Waals surface area contributed by atoms with Gasteiger partial charge in [-0.15, -0.1) is 0 Å². The predicted octanol–water partition coefficient (Wildman–Crippen LogP) is 2.83. The molecule has 1 N–H and O–H groups in total. The Balaban J connectivity index is 2.28. The molecule has 0 saturated heterocycles. The highest BCUT2D eigenvalue weighted by atomic mass is 16.6. The van der Waals surface area contributed by atoms with E-state index in [9.17, 15) is 19.5 Å². The number of cyclic esters (lactones) is 1. The maximum absolute atomic E-state index is 12.6. The van der Waals surface area contributed by atoms with Crippen molar-refractivity contribution in [3.8, 4) is 35.2 Å². The van der Waals surface area contributed by atoms with Crippen LogP contribution in [0.25, 0.3) is 5.57 Å². The number of allylic oxidation sites excluding steroid dienone is 3. The van der Waals surface area contributed by atoms with Gasteiger partial charge in [0.25, 0.3) is 0 Å². The van der Waals surface area contributed by atoms with Crippen LogP contribution < -0.4 is 4.74 Å². The van der Waals surface area contributed by atoms with E-state index in [1.165, 1.54) is 12.1 Å². The Morgan fingerprint density at radius 2 is 1.72 bits per heavy atom. The molecule has 0 radical (unpaired) electrons. The van der Waals surface area contributed by atoms with Gasteiger partial charge < -0.3 is 14.6 Å². The topological polar surface area (TPSA) is 89.9 Å². The van der Waals surface area contributed by atoms with Gasteiger partial charge in [0.1, 0.15) is 22.7 Å². The summed E-state index contributed by atoms with van der Waals surface area (Å²) in [5.41, 5.74) is 0.951. The Morgan fingerprint density at radius 1 is 1.07 bits per heavy atom. The Labute approximate surface area is 166 Å². The minimum atomic E-state index is -0.847. The SMILES string of the molecule is C=C(C)C#CC1=C/C(=C2/C(=O)Oc3c(C#CC(=C)C)cc(O)c(C=O)c32)OC1=O. The fourth-order valence-electron chi connectivity index (χ4n) is 2.63. The van der Waals surface area contributed by atoms with Gasteiger partial charge in [-0.05, 0) is 25.0 Å². The summed E-state index contributed by atoms with van der Waals surface area (Å²) in [6.07, 6.45) is 1.66. The van der Waals surface area contributed by atoms with Gasteiger partial charge in [-0.3, -0.25) is 4.79 Å². The van der Waals surface area contributed by atoms with E-state index < -0.39 is 17.7 Å². The number of ether oxygens (including phenoxy) is 2. The van der Waals surface area contributed by atoms with Gasteiger partial charge in [-0.25, -0.2) is 9.59 Å². The number of phenolic OH excluding ortho intramolecular Hbond substituents is 1. The molecular weight excluding hydrogens is 372 g/mol. The minimum Gasteiger partial charge on any atom is -0.507 e. The molecule has 0 aliphatic carbocycles. The number of carbonyl (C=O) groups excluding carboxylic acids is 3. The molecule has 1 aromatic carbocycles. The van der Waals surface area contributed by atoms with Crippen LogP contribution in [0.4, 0.5) is 0 Å². The van der Waals surface area contributed by atoms with Gasteiger partial charge >= 0.3 is 11.9 Å². The first-order chi connectivity index (χ1) is 13.7. The summed E-state index contributed by atoms with van der Waals surface area (Å²) in [6, 6.07) is 1.22. The summed E-state index contributed by atoms with van der Waals surface area (Å²) in [6.45, 7) is 10.6. The smallest absolute Gasteiger partial charge is 0.352 e. The average molecular weight is 386 g/mol. The van der Waals surface area contributed by atoms with Crippen molar-refractivity contribution in [2.45, 2.75) is 13.8 Å². The summed E-state index contributed by atoms with van der Waals surface area (Å²) in [7, 11) is 0. The Bertz CT molecular complexity index is 1220. The lowest BCUT2D eigenvalue weighted by molar-refractivity contribution is -0.132. The third-order valence-corrected chi connectivity index (χ3v) is 3.83. The Morgan fingerprint density at radius 3 is 2.34 bits per heavy atom. The van der Waals surface area contributed by atoms with E-state index in [4.69, 9.17) is 9.47 Å². The highest BCUT2D eigenvalue weighted by molar-refractivity contribution is 6.25. The first-order valence-corrected chi connectivity index (χ1v) is 8.33. The third-order valence-electron chi connectivity index (χ3n) is 3.83. The summed E-state index contributed by atoms with van der Waals surface area (Å²) < 4.78 is 10.5. The van der Waals surface area contributed by atoms with Crippen LogP contribution in [0, 0.1) is 23.7 Å². The Kier molecular flexibility index (Phi) is 4.95. The molecule has 0 atom stereocenters. The van der Waals surface area contributed by atoms with E-state index in [1.807, 2.05) is 0 Å². The van der Waals surface area contributed by atoms with Crippen LogP contribution in [0.15, 0.2) is 47.8 Å². The van der Waals surface area contributed by atoms with E-state index in [0.717, 1.165) is 0 Å². The van der Waals surface area contributed by atoms with Crippen molar-refractivity contribution in [2.24, 2.45) is 0 Å². The molecule has 0 unspecified atom stereocenters. The number of hydrogen-bond acceptors (Lipinski definition) is 6. The molecule has 0 spiro atoms. The molecule has 2 aliphatic rings. The number of rotatable bonds is 1. The number of aldehydes is 1. The fourth-order valence-corrected chi connectivity index (χ4v) is 2.63. The normalized spacial score (nSPS) is 16.4. The highest BCUT2D eigenvalue weighted by Gasteiger charge is 2.38. The van der Waals surface area contributed by atoms with Crippen molar-refractivity contribution < 1.29 is 29.0 Å². The summed E-state index contributed by atoms with van der Waals surface area (Å²) >= 11 is 0. The van der Waals surface area contributed by atoms with Crippen LogP contribution in [0.1, 0.15) is 35.3 Å². The van der Waals surface area contributed by atoms with E-state index in [1.54, 1.807) is 13.8 Å². The van der Waals surface area contributed by atoms with Crippen LogP contribution in [0.5, 0.6) is 11.5 Å². The second kappa shape index (κ2) is 7.38. The molecule has 3 rings (SSSR count). The lowest BCUT2D eigenvalue weighted by atomic mass is 9.96. The summed E-state index contributed by atoms with van der Waals surface area (Å²) in [5, 5.41) is 10.3. The quantitative estimate of drug-likeness (QED) is 0.262. The van der Waals surface area contributed by atoms with Crippen molar-refractivity contribution in [3.05, 3.63) is 64.5 Å². The molecular formula is C23H14O6. The highest BCUT2D eigenvalue weighted by Crippen LogP contribution is 2.45. The molecule has 2 heterocycles. The van der Waals surface area contributed by atoms with E-state index in [-0.39, 0.29) is 39.3 Å². The van der Waals surface area contributed by atoms with Gasteiger partial charge in [0, 0.05) is 12.1 Å². The van der Waals surface area contributed by atoms with E-state index >= 15 is 0 Å². The summed E-state index contributed by atoms with van der Waals surface area (Å²) in [5.74, 6) is 8.60. The second-order valence-electron chi connectivity index (χ2n) is 6.32. The van der Waals surface area contributed by atoms with Crippen molar-refractivity contribution in [1.82, 2.24) is 0 Å². The molecule has 29 heavy (non-hydrogen) atoms. The van der Waals surface area contributed by atoms with E-state index in [0.29, 0.717) is 17.4 Å². The third kappa shape index (κ3) is 3.60. The lowest BCUT2D eigenvalue weighted by Crippen LogP contribution is -2.05. The molecule has 6 nitrogen and oxygen atoms in total. The van der Waals surface area contributed by atoms with Gasteiger partial charge in [0.2, 0.25) is 0 Å². The molecule has 2 aliphatic heterocycles. The molecule has 1 aromatic rings. The number of aromatic hydroxyl groups is 1. The van der Waals surface area contributed by atoms with E-state index in [2.05, 4.69) is 36.8 Å². The van der Waals surface area contributed by atoms with Gasteiger partial charge in [-0.2, -0.15) is 0 Å². The fraction of sp³-hybridized carbons (Fsp3) is 0.0870. The van der Waals surface area contributed by atoms with Crippen LogP contribution in [0.2, 0.25) is 0 Å². The number of hydrogen-bond donors (Lipinski definition) is 1. The Hall–Kier alpha value is -4.29. The zero-order chi connectivity index (χ0) is 21.3. The standard InChI is InChI=1S/C23H14O6/c1-12(2)5-7-14-9-17(25)16(11-24)19-20(23(27)29-21(14)19)18-10-15(22(26)28-18)8-6-13(3)4/h9-11,25H,1,3H2,2,4H3/b20-18-. The molecule has 142 valence electrons. The zero-order valence-corrected chi connectivity index (χ0v) is 15.6. The van der Waals surface area contributed by atoms with Crippen LogP contribution in [-0.4, -0.2) is 23.3 Å². The van der Waals surface area contributed by atoms with Crippen molar-refractivity contribution in [1.29, 1.82) is 0 Å². The van der Waals surface area contributed by atoms with Crippen LogP contribution in [0.3, 0.4) is 0 Å². The minimum absolute atomic E-state index is 0.00271. The van der Waals surface area contributed by atoms with Crippen molar-refractivity contribution in [3.63, 3.8) is 0 Å². The molecule has 0 bridgehead atoms. The largest absolute Gasteiger partial charge is 0.507 e. The van der Waals surface area contributed by atoms with Gasteiger partial charge in [0.15, 0.2) is 12.0 Å².